The first-order valence-electron chi connectivity index (χ1n) is 13.6. The topological polar surface area (TPSA) is 86.8 Å². The molecule has 44 heavy (non-hydrogen) atoms. The molecular formula is C32H29Cl3FN3O4S. The fraction of sp³-hybridized carbons (Fsp3) is 0.188. The van der Waals surface area contributed by atoms with Crippen LogP contribution in [0.25, 0.3) is 0 Å². The first-order chi connectivity index (χ1) is 21.0. The second-order valence-corrected chi connectivity index (χ2v) is 12.9. The van der Waals surface area contributed by atoms with Crippen molar-refractivity contribution in [3.05, 3.63) is 129 Å². The molecule has 4 rings (SSSR count). The van der Waals surface area contributed by atoms with Crippen LogP contribution in [-0.2, 0) is 32.6 Å². The summed E-state index contributed by atoms with van der Waals surface area (Å²) < 4.78 is 42.8. The summed E-state index contributed by atoms with van der Waals surface area (Å²) in [7, 11) is -4.35. The van der Waals surface area contributed by atoms with Crippen molar-refractivity contribution in [3.63, 3.8) is 0 Å². The number of anilines is 1. The van der Waals surface area contributed by atoms with Gasteiger partial charge in [-0.25, -0.2) is 12.8 Å². The summed E-state index contributed by atoms with van der Waals surface area (Å²) in [5.41, 5.74) is 1.24. The van der Waals surface area contributed by atoms with Gasteiger partial charge in [0.1, 0.15) is 18.4 Å². The molecule has 0 saturated carbocycles. The van der Waals surface area contributed by atoms with Crippen LogP contribution < -0.4 is 9.62 Å². The van der Waals surface area contributed by atoms with Crippen LogP contribution in [0, 0.1) is 5.82 Å². The first-order valence-corrected chi connectivity index (χ1v) is 16.2. The largest absolute Gasteiger partial charge is 0.355 e. The van der Waals surface area contributed by atoms with Gasteiger partial charge in [0, 0.05) is 29.6 Å². The molecule has 0 aliphatic carbocycles. The van der Waals surface area contributed by atoms with E-state index in [-0.39, 0.29) is 33.6 Å². The smallest absolute Gasteiger partial charge is 0.264 e. The zero-order valence-corrected chi connectivity index (χ0v) is 26.7. The second-order valence-electron chi connectivity index (χ2n) is 9.78. The maximum atomic E-state index is 14.3. The summed E-state index contributed by atoms with van der Waals surface area (Å²) in [6.45, 7) is 1.20. The summed E-state index contributed by atoms with van der Waals surface area (Å²) in [6, 6.07) is 23.7. The predicted molar refractivity (Wildman–Crippen MR) is 172 cm³/mol. The molecule has 0 radical (unpaired) electrons. The lowest BCUT2D eigenvalue weighted by Crippen LogP contribution is -2.53. The zero-order valence-electron chi connectivity index (χ0n) is 23.6. The number of hydrogen-bond donors (Lipinski definition) is 1. The predicted octanol–water partition coefficient (Wildman–Crippen LogP) is 6.76. The quantitative estimate of drug-likeness (QED) is 0.180. The van der Waals surface area contributed by atoms with Gasteiger partial charge in [0.25, 0.3) is 10.0 Å². The first kappa shape index (κ1) is 33.3. The molecule has 230 valence electrons. The van der Waals surface area contributed by atoms with Crippen LogP contribution in [0.5, 0.6) is 0 Å². The Kier molecular flexibility index (Phi) is 11.3. The fourth-order valence-corrected chi connectivity index (χ4v) is 6.64. The van der Waals surface area contributed by atoms with Gasteiger partial charge in [0.15, 0.2) is 0 Å². The summed E-state index contributed by atoms with van der Waals surface area (Å²) in [6.07, 6.45) is 0.136. The number of rotatable bonds is 12. The van der Waals surface area contributed by atoms with Crippen LogP contribution in [-0.4, -0.2) is 44.3 Å². The van der Waals surface area contributed by atoms with Crippen molar-refractivity contribution < 1.29 is 22.4 Å². The lowest BCUT2D eigenvalue weighted by Gasteiger charge is -2.34. The van der Waals surface area contributed by atoms with E-state index in [9.17, 15) is 22.4 Å². The Bertz CT molecular complexity index is 1730. The molecule has 12 heteroatoms. The highest BCUT2D eigenvalue weighted by Crippen LogP contribution is 2.29. The molecular weight excluding hydrogens is 648 g/mol. The van der Waals surface area contributed by atoms with Crippen molar-refractivity contribution in [3.8, 4) is 0 Å². The van der Waals surface area contributed by atoms with E-state index in [4.69, 9.17) is 34.8 Å². The van der Waals surface area contributed by atoms with Gasteiger partial charge in [0.05, 0.1) is 15.6 Å². The molecule has 1 N–H and O–H groups in total. The fourth-order valence-electron chi connectivity index (χ4n) is 4.57. The van der Waals surface area contributed by atoms with Crippen molar-refractivity contribution in [2.75, 3.05) is 17.4 Å². The number of nitrogens with zero attached hydrogens (tertiary/aromatic N) is 2. The number of carbonyl (C=O) groups is 2. The standard InChI is InChI=1S/C32H29Cl3FN3O4S/c1-2-37-32(41)30(17-22-9-5-3-6-10-22)38(20-23-13-14-24(33)18-27(23)34)31(40)21-39(25-15-16-29(36)28(35)19-25)44(42,43)26-11-7-4-8-12-26/h3-16,18-19,30H,2,17,20-21H2,1H3,(H,37,41)/t30-/m0/s1. The Morgan fingerprint density at radius 3 is 2.14 bits per heavy atom. The van der Waals surface area contributed by atoms with Crippen LogP contribution in [0.1, 0.15) is 18.1 Å². The highest BCUT2D eigenvalue weighted by atomic mass is 35.5. The van der Waals surface area contributed by atoms with Crippen LogP contribution in [0.2, 0.25) is 15.1 Å². The summed E-state index contributed by atoms with van der Waals surface area (Å²) in [5.74, 6) is -1.89. The maximum absolute atomic E-state index is 14.3. The molecule has 0 unspecified atom stereocenters. The Labute approximate surface area is 271 Å². The molecule has 0 heterocycles. The van der Waals surface area contributed by atoms with Gasteiger partial charge < -0.3 is 10.2 Å². The van der Waals surface area contributed by atoms with Crippen LogP contribution >= 0.6 is 34.8 Å². The Morgan fingerprint density at radius 1 is 0.864 bits per heavy atom. The molecule has 0 saturated heterocycles. The van der Waals surface area contributed by atoms with E-state index in [0.717, 1.165) is 22.0 Å². The molecule has 0 fully saturated rings. The number of amides is 2. The number of benzene rings is 4. The molecule has 2 amide bonds. The van der Waals surface area contributed by atoms with Gasteiger partial charge in [-0.3, -0.25) is 13.9 Å². The van der Waals surface area contributed by atoms with E-state index in [0.29, 0.717) is 17.1 Å². The molecule has 4 aromatic rings. The van der Waals surface area contributed by atoms with Gasteiger partial charge in [-0.1, -0.05) is 89.4 Å². The number of carbonyl (C=O) groups excluding carboxylic acids is 2. The highest BCUT2D eigenvalue weighted by molar-refractivity contribution is 7.92. The van der Waals surface area contributed by atoms with E-state index >= 15 is 0 Å². The molecule has 0 spiro atoms. The molecule has 4 aromatic carbocycles. The van der Waals surface area contributed by atoms with E-state index < -0.39 is 40.2 Å². The van der Waals surface area contributed by atoms with E-state index in [1.807, 2.05) is 30.3 Å². The van der Waals surface area contributed by atoms with Gasteiger partial charge >= 0.3 is 0 Å². The Hall–Kier alpha value is -3.63. The van der Waals surface area contributed by atoms with Crippen molar-refractivity contribution in [2.45, 2.75) is 30.8 Å². The monoisotopic (exact) mass is 675 g/mol. The van der Waals surface area contributed by atoms with Crippen LogP contribution in [0.4, 0.5) is 10.1 Å². The normalized spacial score (nSPS) is 11.9. The second kappa shape index (κ2) is 14.9. The lowest BCUT2D eigenvalue weighted by molar-refractivity contribution is -0.140. The van der Waals surface area contributed by atoms with Gasteiger partial charge in [-0.15, -0.1) is 0 Å². The Morgan fingerprint density at radius 2 is 1.52 bits per heavy atom. The van der Waals surface area contributed by atoms with Crippen molar-refractivity contribution in [1.82, 2.24) is 10.2 Å². The van der Waals surface area contributed by atoms with Crippen molar-refractivity contribution in [2.24, 2.45) is 0 Å². The third kappa shape index (κ3) is 8.09. The average Bonchev–Trinajstić information content (AvgIpc) is 3.01. The minimum absolute atomic E-state index is 0.0318. The zero-order chi connectivity index (χ0) is 31.9. The van der Waals surface area contributed by atoms with E-state index in [2.05, 4.69) is 5.32 Å². The number of sulfonamides is 1. The Balaban J connectivity index is 1.82. The third-order valence-electron chi connectivity index (χ3n) is 6.78. The molecule has 1 atom stereocenters. The number of halogens is 4. The minimum atomic E-state index is -4.35. The van der Waals surface area contributed by atoms with E-state index in [1.54, 1.807) is 37.3 Å². The summed E-state index contributed by atoms with van der Waals surface area (Å²) >= 11 is 18.6. The molecule has 0 aromatic heterocycles. The summed E-state index contributed by atoms with van der Waals surface area (Å²) in [4.78, 5) is 29.1. The van der Waals surface area contributed by atoms with Gasteiger partial charge in [-0.2, -0.15) is 0 Å². The van der Waals surface area contributed by atoms with Crippen molar-refractivity contribution in [1.29, 1.82) is 0 Å². The molecule has 7 nitrogen and oxygen atoms in total. The van der Waals surface area contributed by atoms with E-state index in [1.165, 1.54) is 29.2 Å². The molecule has 0 aliphatic heterocycles. The SMILES string of the molecule is CCNC(=O)[C@H](Cc1ccccc1)N(Cc1ccc(Cl)cc1Cl)C(=O)CN(c1ccc(F)c(Cl)c1)S(=O)(=O)c1ccccc1. The average molecular weight is 677 g/mol. The number of likely N-dealkylation sites (N-methyl/N-ethyl adjacent to an activating group) is 1. The maximum Gasteiger partial charge on any atom is 0.264 e. The highest BCUT2D eigenvalue weighted by Gasteiger charge is 2.35. The number of nitrogens with one attached hydrogen (secondary N) is 1. The summed E-state index contributed by atoms with van der Waals surface area (Å²) in [5, 5.41) is 3.12. The van der Waals surface area contributed by atoms with Crippen LogP contribution in [0.15, 0.2) is 102 Å². The van der Waals surface area contributed by atoms with Gasteiger partial charge in [-0.05, 0) is 60.5 Å². The third-order valence-corrected chi connectivity index (χ3v) is 9.44. The van der Waals surface area contributed by atoms with Crippen LogP contribution in [0.3, 0.4) is 0 Å². The van der Waals surface area contributed by atoms with Crippen molar-refractivity contribution >= 4 is 62.3 Å². The molecule has 0 bridgehead atoms. The lowest BCUT2D eigenvalue weighted by atomic mass is 10.0. The van der Waals surface area contributed by atoms with Gasteiger partial charge in [0.2, 0.25) is 11.8 Å². The molecule has 0 aliphatic rings. The minimum Gasteiger partial charge on any atom is -0.355 e. The number of hydrogen-bond acceptors (Lipinski definition) is 4.